The fraction of sp³-hybridized carbons (Fsp3) is 0.379. The molecular weight excluding hydrogens is 458 g/mol. The number of halogens is 1. The molecule has 5 rings (SSSR count). The predicted molar refractivity (Wildman–Crippen MR) is 139 cm³/mol. The first-order valence-electron chi connectivity index (χ1n) is 12.5. The second kappa shape index (κ2) is 10.8. The predicted octanol–water partition coefficient (Wildman–Crippen LogP) is 5.83. The first-order valence-corrected chi connectivity index (χ1v) is 12.9. The molecule has 0 atom stereocenters. The number of ether oxygens (including phenoxy) is 1. The topological polar surface area (TPSA) is 45.7 Å². The SMILES string of the molecule is O=C(c1ccc(Cl)cc1)N1CCC2(CCN(Cc3ccccc3OCc3ccccn3)CC2)CC1. The van der Waals surface area contributed by atoms with E-state index in [9.17, 15) is 4.79 Å². The van der Waals surface area contributed by atoms with Gasteiger partial charge in [-0.05, 0) is 86.7 Å². The van der Waals surface area contributed by atoms with Gasteiger partial charge in [-0.2, -0.15) is 0 Å². The van der Waals surface area contributed by atoms with Gasteiger partial charge in [0.25, 0.3) is 5.91 Å². The minimum absolute atomic E-state index is 0.122. The van der Waals surface area contributed by atoms with Crippen LogP contribution in [-0.4, -0.2) is 46.9 Å². The van der Waals surface area contributed by atoms with Crippen LogP contribution in [0.2, 0.25) is 5.02 Å². The summed E-state index contributed by atoms with van der Waals surface area (Å²) in [5, 5.41) is 0.660. The lowest BCUT2D eigenvalue weighted by Gasteiger charge is -2.47. The summed E-state index contributed by atoms with van der Waals surface area (Å²) in [4.78, 5) is 21.8. The third-order valence-electron chi connectivity index (χ3n) is 7.59. The van der Waals surface area contributed by atoms with E-state index in [1.54, 1.807) is 18.3 Å². The largest absolute Gasteiger partial charge is 0.487 e. The van der Waals surface area contributed by atoms with Gasteiger partial charge in [-0.25, -0.2) is 0 Å². The maximum absolute atomic E-state index is 12.9. The van der Waals surface area contributed by atoms with Crippen LogP contribution in [0.1, 0.15) is 47.3 Å². The van der Waals surface area contributed by atoms with Gasteiger partial charge in [-0.1, -0.05) is 35.9 Å². The van der Waals surface area contributed by atoms with Crippen LogP contribution in [0.15, 0.2) is 72.9 Å². The van der Waals surface area contributed by atoms with Crippen LogP contribution in [0.4, 0.5) is 0 Å². The zero-order chi connectivity index (χ0) is 24.1. The van der Waals surface area contributed by atoms with Crippen molar-refractivity contribution in [2.75, 3.05) is 26.2 Å². The zero-order valence-electron chi connectivity index (χ0n) is 20.0. The number of carbonyl (C=O) groups excluding carboxylic acids is 1. The molecule has 0 aliphatic carbocycles. The van der Waals surface area contributed by atoms with Gasteiger partial charge in [0, 0.05) is 42.0 Å². The number of para-hydroxylation sites is 1. The first kappa shape index (κ1) is 23.8. The molecule has 0 radical (unpaired) electrons. The van der Waals surface area contributed by atoms with Crippen molar-refractivity contribution in [1.29, 1.82) is 0 Å². The molecule has 2 aliphatic rings. The summed E-state index contributed by atoms with van der Waals surface area (Å²) in [5.41, 5.74) is 3.25. The lowest BCUT2D eigenvalue weighted by atomic mass is 9.71. The van der Waals surface area contributed by atoms with Gasteiger partial charge in [0.1, 0.15) is 12.4 Å². The minimum atomic E-state index is 0.122. The Hall–Kier alpha value is -2.89. The van der Waals surface area contributed by atoms with Crippen molar-refractivity contribution in [3.63, 3.8) is 0 Å². The van der Waals surface area contributed by atoms with Gasteiger partial charge in [-0.15, -0.1) is 0 Å². The molecule has 5 nitrogen and oxygen atoms in total. The number of nitrogens with zero attached hydrogens (tertiary/aromatic N) is 3. The molecule has 0 unspecified atom stereocenters. The second-order valence-electron chi connectivity index (χ2n) is 9.79. The molecule has 1 spiro atoms. The minimum Gasteiger partial charge on any atom is -0.487 e. The molecular formula is C29H32ClN3O2. The quantitative estimate of drug-likeness (QED) is 0.437. The van der Waals surface area contributed by atoms with Crippen LogP contribution >= 0.6 is 11.6 Å². The molecule has 2 saturated heterocycles. The van der Waals surface area contributed by atoms with E-state index in [1.165, 1.54) is 18.4 Å². The molecule has 0 bridgehead atoms. The molecule has 35 heavy (non-hydrogen) atoms. The smallest absolute Gasteiger partial charge is 0.253 e. The van der Waals surface area contributed by atoms with E-state index < -0.39 is 0 Å². The highest BCUT2D eigenvalue weighted by Gasteiger charge is 2.38. The molecule has 3 aromatic rings. The van der Waals surface area contributed by atoms with Gasteiger partial charge in [-0.3, -0.25) is 14.7 Å². The Kier molecular flexibility index (Phi) is 7.35. The average molecular weight is 490 g/mol. The monoisotopic (exact) mass is 489 g/mol. The summed E-state index contributed by atoms with van der Waals surface area (Å²) in [7, 11) is 0. The average Bonchev–Trinajstić information content (AvgIpc) is 2.91. The Morgan fingerprint density at radius 1 is 0.886 bits per heavy atom. The Labute approximate surface area is 212 Å². The van der Waals surface area contributed by atoms with Crippen LogP contribution in [0, 0.1) is 5.41 Å². The number of amides is 1. The van der Waals surface area contributed by atoms with Gasteiger partial charge in [0.15, 0.2) is 0 Å². The van der Waals surface area contributed by atoms with Gasteiger partial charge in [0.05, 0.1) is 5.69 Å². The number of aromatic nitrogens is 1. The number of carbonyl (C=O) groups is 1. The van der Waals surface area contributed by atoms with Gasteiger partial charge >= 0.3 is 0 Å². The first-order chi connectivity index (χ1) is 17.1. The van der Waals surface area contributed by atoms with Crippen molar-refractivity contribution in [3.05, 3.63) is 94.8 Å². The van der Waals surface area contributed by atoms with Crippen LogP contribution in [0.5, 0.6) is 5.75 Å². The number of hydrogen-bond donors (Lipinski definition) is 0. The third-order valence-corrected chi connectivity index (χ3v) is 7.84. The Morgan fingerprint density at radius 2 is 1.57 bits per heavy atom. The summed E-state index contributed by atoms with van der Waals surface area (Å²) in [6, 6.07) is 21.5. The molecule has 1 aromatic heterocycles. The molecule has 1 amide bonds. The van der Waals surface area contributed by atoms with Crippen molar-refractivity contribution in [3.8, 4) is 5.75 Å². The van der Waals surface area contributed by atoms with E-state index in [-0.39, 0.29) is 5.91 Å². The van der Waals surface area contributed by atoms with Crippen molar-refractivity contribution in [2.24, 2.45) is 5.41 Å². The summed E-state index contributed by atoms with van der Waals surface area (Å²) in [5.74, 6) is 1.06. The highest BCUT2D eigenvalue weighted by molar-refractivity contribution is 6.30. The van der Waals surface area contributed by atoms with E-state index in [1.807, 2.05) is 41.3 Å². The van der Waals surface area contributed by atoms with Crippen LogP contribution in [0.25, 0.3) is 0 Å². The van der Waals surface area contributed by atoms with Crippen LogP contribution < -0.4 is 4.74 Å². The molecule has 0 saturated carbocycles. The number of rotatable bonds is 6. The van der Waals surface area contributed by atoms with E-state index in [2.05, 4.69) is 28.1 Å². The van der Waals surface area contributed by atoms with Gasteiger partial charge in [0.2, 0.25) is 0 Å². The molecule has 3 heterocycles. The fourth-order valence-electron chi connectivity index (χ4n) is 5.30. The second-order valence-corrected chi connectivity index (χ2v) is 10.2. The van der Waals surface area contributed by atoms with Crippen molar-refractivity contribution < 1.29 is 9.53 Å². The zero-order valence-corrected chi connectivity index (χ0v) is 20.8. The number of benzene rings is 2. The lowest BCUT2D eigenvalue weighted by Crippen LogP contribution is -2.48. The highest BCUT2D eigenvalue weighted by Crippen LogP contribution is 2.42. The fourth-order valence-corrected chi connectivity index (χ4v) is 5.42. The lowest BCUT2D eigenvalue weighted by molar-refractivity contribution is 0.0283. The number of likely N-dealkylation sites (tertiary alicyclic amines) is 2. The van der Waals surface area contributed by atoms with Crippen molar-refractivity contribution in [2.45, 2.75) is 38.8 Å². The summed E-state index contributed by atoms with van der Waals surface area (Å²) in [6.45, 7) is 5.22. The van der Waals surface area contributed by atoms with Crippen LogP contribution in [-0.2, 0) is 13.2 Å². The Morgan fingerprint density at radius 3 is 2.29 bits per heavy atom. The number of piperidine rings is 2. The molecule has 2 aliphatic heterocycles. The maximum atomic E-state index is 12.9. The Balaban J connectivity index is 1.12. The van der Waals surface area contributed by atoms with Gasteiger partial charge < -0.3 is 9.64 Å². The van der Waals surface area contributed by atoms with E-state index in [0.29, 0.717) is 17.0 Å². The van der Waals surface area contributed by atoms with Crippen molar-refractivity contribution >= 4 is 17.5 Å². The molecule has 2 fully saturated rings. The van der Waals surface area contributed by atoms with Crippen LogP contribution in [0.3, 0.4) is 0 Å². The van der Waals surface area contributed by atoms with Crippen molar-refractivity contribution in [1.82, 2.24) is 14.8 Å². The molecule has 2 aromatic carbocycles. The van der Waals surface area contributed by atoms with E-state index >= 15 is 0 Å². The highest BCUT2D eigenvalue weighted by atomic mass is 35.5. The van der Waals surface area contributed by atoms with E-state index in [0.717, 1.165) is 62.6 Å². The molecule has 0 N–H and O–H groups in total. The number of hydrogen-bond acceptors (Lipinski definition) is 4. The number of pyridine rings is 1. The summed E-state index contributed by atoms with van der Waals surface area (Å²) in [6.07, 6.45) is 6.35. The summed E-state index contributed by atoms with van der Waals surface area (Å²) >= 11 is 5.97. The maximum Gasteiger partial charge on any atom is 0.253 e. The Bertz CT molecular complexity index is 1120. The standard InChI is InChI=1S/C29H32ClN3O2/c30-25-10-8-23(9-11-25)28(34)33-19-14-29(15-20-33)12-17-32(18-13-29)21-24-5-1-2-7-27(24)35-22-26-6-3-4-16-31-26/h1-11,16H,12-15,17-22H2. The molecule has 6 heteroatoms. The van der Waals surface area contributed by atoms with E-state index in [4.69, 9.17) is 16.3 Å². The molecule has 182 valence electrons. The normalized spacial score (nSPS) is 17.9. The summed E-state index contributed by atoms with van der Waals surface area (Å²) < 4.78 is 6.12. The third kappa shape index (κ3) is 5.85.